The molecule has 0 aliphatic carbocycles. The van der Waals surface area contributed by atoms with Crippen LogP contribution in [0.15, 0.2) is 46.2 Å². The van der Waals surface area contributed by atoms with Gasteiger partial charge in [-0.05, 0) is 58.5 Å². The second-order valence-corrected chi connectivity index (χ2v) is 7.02. The largest absolute Gasteiger partial charge is 0.346 e. The van der Waals surface area contributed by atoms with E-state index in [1.54, 1.807) is 7.05 Å². The topological polar surface area (TPSA) is 55.3 Å². The fraction of sp³-hybridized carbons (Fsp3) is 0.619. The van der Waals surface area contributed by atoms with Gasteiger partial charge in [0.15, 0.2) is 0 Å². The molecule has 0 aromatic rings. The Kier molecular flexibility index (Phi) is 11.4. The van der Waals surface area contributed by atoms with Gasteiger partial charge < -0.3 is 15.6 Å². The number of nitrogens with zero attached hydrogens (tertiary/aromatic N) is 4. The highest BCUT2D eigenvalue weighted by molar-refractivity contribution is 6.40. The zero-order valence-electron chi connectivity index (χ0n) is 17.9. The van der Waals surface area contributed by atoms with E-state index in [2.05, 4.69) is 32.2 Å². The molecule has 0 unspecified atom stereocenters. The molecule has 6 heteroatoms. The summed E-state index contributed by atoms with van der Waals surface area (Å²) < 4.78 is 0. The third-order valence-corrected chi connectivity index (χ3v) is 4.61. The summed E-state index contributed by atoms with van der Waals surface area (Å²) in [5.74, 6) is 0.882. The number of likely N-dealkylation sites (N-methyl/N-ethyl adjacent to an activating group) is 1. The number of aliphatic imine (C=N–C) groups is 2. The maximum atomic E-state index is 4.61. The summed E-state index contributed by atoms with van der Waals surface area (Å²) in [5, 5.41) is 5.20. The van der Waals surface area contributed by atoms with Gasteiger partial charge in [0.25, 0.3) is 0 Å². The molecule has 1 fully saturated rings. The van der Waals surface area contributed by atoms with E-state index in [-0.39, 0.29) is 0 Å². The number of hydrogen-bond donors (Lipinski definition) is 2. The predicted molar refractivity (Wildman–Crippen MR) is 118 cm³/mol. The van der Waals surface area contributed by atoms with Crippen LogP contribution < -0.4 is 10.7 Å². The van der Waals surface area contributed by atoms with Crippen LogP contribution in [0.4, 0.5) is 0 Å². The van der Waals surface area contributed by atoms with Gasteiger partial charge in [0.2, 0.25) is 0 Å². The molecule has 2 N–H and O–H groups in total. The molecule has 0 bridgehead atoms. The van der Waals surface area contributed by atoms with Crippen molar-refractivity contribution in [3.8, 4) is 0 Å². The summed E-state index contributed by atoms with van der Waals surface area (Å²) in [4.78, 5) is 11.3. The van der Waals surface area contributed by atoms with Crippen LogP contribution in [0.2, 0.25) is 0 Å². The second-order valence-electron chi connectivity index (χ2n) is 7.02. The van der Waals surface area contributed by atoms with E-state index in [9.17, 15) is 0 Å². The van der Waals surface area contributed by atoms with Gasteiger partial charge in [-0.1, -0.05) is 24.6 Å². The Morgan fingerprint density at radius 2 is 2.00 bits per heavy atom. The van der Waals surface area contributed by atoms with Gasteiger partial charge in [-0.3, -0.25) is 9.98 Å². The zero-order valence-corrected chi connectivity index (χ0v) is 17.9. The molecule has 0 radical (unpaired) electrons. The molecule has 2 aliphatic heterocycles. The highest BCUT2D eigenvalue weighted by atomic mass is 15.5. The average Bonchev–Trinajstić information content (AvgIpc) is 3.12. The van der Waals surface area contributed by atoms with Crippen molar-refractivity contribution in [2.75, 3.05) is 46.8 Å². The Hall–Kier alpha value is -1.92. The van der Waals surface area contributed by atoms with Crippen LogP contribution >= 0.6 is 0 Å². The molecule has 6 nitrogen and oxygen atoms in total. The monoisotopic (exact) mass is 374 g/mol. The minimum Gasteiger partial charge on any atom is -0.346 e. The molecule has 152 valence electrons. The smallest absolute Gasteiger partial charge is 0.146 e. The van der Waals surface area contributed by atoms with Crippen molar-refractivity contribution < 1.29 is 0 Å². The Morgan fingerprint density at radius 1 is 1.30 bits per heavy atom. The molecule has 0 aromatic carbocycles. The van der Waals surface area contributed by atoms with Crippen LogP contribution in [0.5, 0.6) is 0 Å². The van der Waals surface area contributed by atoms with E-state index in [1.807, 2.05) is 51.3 Å². The Labute approximate surface area is 165 Å². The third-order valence-electron chi connectivity index (χ3n) is 4.61. The Morgan fingerprint density at radius 3 is 2.48 bits per heavy atom. The maximum Gasteiger partial charge on any atom is 0.146 e. The van der Waals surface area contributed by atoms with E-state index in [1.165, 1.54) is 37.9 Å². The van der Waals surface area contributed by atoms with Crippen molar-refractivity contribution >= 4 is 11.5 Å². The molecule has 0 atom stereocenters. The van der Waals surface area contributed by atoms with E-state index in [0.717, 1.165) is 36.8 Å². The van der Waals surface area contributed by atoms with Crippen LogP contribution in [-0.2, 0) is 0 Å². The quantitative estimate of drug-likeness (QED) is 0.554. The van der Waals surface area contributed by atoms with Crippen LogP contribution in [0.3, 0.4) is 0 Å². The number of hydrazine groups is 1. The van der Waals surface area contributed by atoms with Gasteiger partial charge in [-0.25, -0.2) is 5.01 Å². The van der Waals surface area contributed by atoms with Gasteiger partial charge in [0.1, 0.15) is 5.84 Å². The van der Waals surface area contributed by atoms with Gasteiger partial charge >= 0.3 is 0 Å². The van der Waals surface area contributed by atoms with Crippen molar-refractivity contribution in [2.45, 2.75) is 40.0 Å². The lowest BCUT2D eigenvalue weighted by molar-refractivity contribution is 0.235. The minimum absolute atomic E-state index is 0.840. The second kappa shape index (κ2) is 13.3. The van der Waals surface area contributed by atoms with Gasteiger partial charge in [-0.15, -0.1) is 0 Å². The Bertz CT molecular complexity index is 567. The standard InChI is InChI=1S/C14H26N4.C7H12N2/c1-4-8-16-14(13(2)15-3)17-9-12-18-10-6-5-7-11-18;1-6(2)7-4-8-9(3)5-7/h4,8H,5-7,9-12H2,1-3H3,(H,16,17);4,8H,1,5H2,2-3H3/b8-4-,15-13?;. The zero-order chi connectivity index (χ0) is 20.1. The summed E-state index contributed by atoms with van der Waals surface area (Å²) >= 11 is 0. The molecule has 0 saturated carbocycles. The molecule has 0 aromatic heterocycles. The lowest BCUT2D eigenvalue weighted by atomic mass is 10.1. The first-order chi connectivity index (χ1) is 13.0. The number of allylic oxidation sites excluding steroid dienone is 1. The molecule has 27 heavy (non-hydrogen) atoms. The highest BCUT2D eigenvalue weighted by Crippen LogP contribution is 2.10. The van der Waals surface area contributed by atoms with Gasteiger partial charge in [0, 0.05) is 33.4 Å². The lowest BCUT2D eigenvalue weighted by Gasteiger charge is -2.25. The summed E-state index contributed by atoms with van der Waals surface area (Å²) in [6.07, 6.45) is 9.90. The molecule has 2 aliphatic rings. The Balaban J connectivity index is 0.000000337. The van der Waals surface area contributed by atoms with Crippen molar-refractivity contribution in [1.82, 2.24) is 20.7 Å². The molecular formula is C21H38N6. The van der Waals surface area contributed by atoms with Gasteiger partial charge in [0.05, 0.1) is 12.3 Å². The number of amidine groups is 1. The van der Waals surface area contributed by atoms with Crippen LogP contribution in [-0.4, -0.2) is 68.3 Å². The first kappa shape index (κ1) is 23.1. The van der Waals surface area contributed by atoms with Crippen LogP contribution in [0.25, 0.3) is 0 Å². The van der Waals surface area contributed by atoms with Crippen molar-refractivity contribution in [3.05, 3.63) is 36.2 Å². The summed E-state index contributed by atoms with van der Waals surface area (Å²) in [6, 6.07) is 0. The summed E-state index contributed by atoms with van der Waals surface area (Å²) in [5.41, 5.74) is 6.45. The van der Waals surface area contributed by atoms with E-state index < -0.39 is 0 Å². The van der Waals surface area contributed by atoms with Crippen molar-refractivity contribution in [3.63, 3.8) is 0 Å². The number of nitrogens with one attached hydrogen (secondary N) is 2. The molecule has 2 heterocycles. The number of piperidine rings is 1. The minimum atomic E-state index is 0.840. The normalized spacial score (nSPS) is 19.4. The first-order valence-electron chi connectivity index (χ1n) is 9.88. The fourth-order valence-electron chi connectivity index (χ4n) is 2.81. The van der Waals surface area contributed by atoms with Crippen LogP contribution in [0.1, 0.15) is 40.0 Å². The number of hydrogen-bond acceptors (Lipinski definition) is 5. The molecule has 0 amide bonds. The molecular weight excluding hydrogens is 336 g/mol. The lowest BCUT2D eigenvalue weighted by Crippen LogP contribution is -2.33. The molecule has 0 spiro atoms. The average molecular weight is 375 g/mol. The van der Waals surface area contributed by atoms with E-state index >= 15 is 0 Å². The molecule has 2 rings (SSSR count). The first-order valence-corrected chi connectivity index (χ1v) is 9.88. The van der Waals surface area contributed by atoms with E-state index in [4.69, 9.17) is 0 Å². The predicted octanol–water partition coefficient (Wildman–Crippen LogP) is 2.98. The van der Waals surface area contributed by atoms with Crippen LogP contribution in [0, 0.1) is 0 Å². The van der Waals surface area contributed by atoms with E-state index in [0.29, 0.717) is 0 Å². The number of rotatable bonds is 6. The van der Waals surface area contributed by atoms with Gasteiger partial charge in [-0.2, -0.15) is 0 Å². The van der Waals surface area contributed by atoms with Crippen molar-refractivity contribution in [1.29, 1.82) is 0 Å². The fourth-order valence-corrected chi connectivity index (χ4v) is 2.81. The highest BCUT2D eigenvalue weighted by Gasteiger charge is 2.09. The summed E-state index contributed by atoms with van der Waals surface area (Å²) in [7, 11) is 3.80. The summed E-state index contributed by atoms with van der Waals surface area (Å²) in [6.45, 7) is 15.1. The molecule has 1 saturated heterocycles. The SMILES string of the molecule is C/C=C\NC(=NCCN1CCCCC1)C(C)=NC.C=C(C)C1=CNN(C)C1. The number of likely N-dealkylation sites (tertiary alicyclic amines) is 1. The third kappa shape index (κ3) is 9.54. The van der Waals surface area contributed by atoms with Crippen molar-refractivity contribution in [2.24, 2.45) is 9.98 Å². The maximum absolute atomic E-state index is 4.61.